The van der Waals surface area contributed by atoms with E-state index in [1.807, 2.05) is 0 Å². The van der Waals surface area contributed by atoms with Crippen LogP contribution in [0, 0.1) is 17.6 Å². The first-order valence-corrected chi connectivity index (χ1v) is 9.50. The lowest BCUT2D eigenvalue weighted by Gasteiger charge is -2.22. The number of hydrogen-bond acceptors (Lipinski definition) is 2. The van der Waals surface area contributed by atoms with Crippen molar-refractivity contribution in [3.8, 4) is 0 Å². The SMILES string of the molecule is O=S(=O)(Cc1ccccc1F)N(Cc1ccc(F)cc1)CC1CC1. The molecule has 6 heteroatoms. The van der Waals surface area contributed by atoms with E-state index in [4.69, 9.17) is 0 Å². The number of rotatable bonds is 7. The number of benzene rings is 2. The fourth-order valence-electron chi connectivity index (χ4n) is 2.56. The van der Waals surface area contributed by atoms with Gasteiger partial charge >= 0.3 is 0 Å². The molecule has 0 aliphatic heterocycles. The Kier molecular flexibility index (Phi) is 4.96. The van der Waals surface area contributed by atoms with Gasteiger partial charge < -0.3 is 0 Å². The van der Waals surface area contributed by atoms with Gasteiger partial charge in [0.25, 0.3) is 0 Å². The predicted molar refractivity (Wildman–Crippen MR) is 88.6 cm³/mol. The summed E-state index contributed by atoms with van der Waals surface area (Å²) in [6, 6.07) is 11.7. The molecule has 1 aliphatic carbocycles. The van der Waals surface area contributed by atoms with E-state index in [0.29, 0.717) is 18.0 Å². The first kappa shape index (κ1) is 17.0. The maximum Gasteiger partial charge on any atom is 0.218 e. The lowest BCUT2D eigenvalue weighted by molar-refractivity contribution is 0.390. The number of hydrogen-bond donors (Lipinski definition) is 0. The van der Waals surface area contributed by atoms with Crippen molar-refractivity contribution in [1.82, 2.24) is 4.31 Å². The van der Waals surface area contributed by atoms with Crippen molar-refractivity contribution in [2.45, 2.75) is 25.1 Å². The van der Waals surface area contributed by atoms with Crippen LogP contribution in [-0.4, -0.2) is 19.3 Å². The highest BCUT2D eigenvalue weighted by atomic mass is 32.2. The summed E-state index contributed by atoms with van der Waals surface area (Å²) in [5.41, 5.74) is 0.881. The van der Waals surface area contributed by atoms with Crippen molar-refractivity contribution >= 4 is 10.0 Å². The molecule has 0 atom stereocenters. The summed E-state index contributed by atoms with van der Waals surface area (Å²) in [5.74, 6) is -0.884. The topological polar surface area (TPSA) is 37.4 Å². The zero-order valence-corrected chi connectivity index (χ0v) is 14.0. The number of halogens is 2. The third-order valence-corrected chi connectivity index (χ3v) is 5.86. The predicted octanol–water partition coefficient (Wildman–Crippen LogP) is 3.71. The van der Waals surface area contributed by atoms with Gasteiger partial charge in [0.15, 0.2) is 0 Å². The third-order valence-electron chi connectivity index (χ3n) is 4.12. The molecule has 3 rings (SSSR count). The summed E-state index contributed by atoms with van der Waals surface area (Å²) < 4.78 is 53.8. The van der Waals surface area contributed by atoms with Crippen molar-refractivity contribution in [3.63, 3.8) is 0 Å². The van der Waals surface area contributed by atoms with Gasteiger partial charge in [-0.2, -0.15) is 4.31 Å². The number of sulfonamides is 1. The van der Waals surface area contributed by atoms with E-state index < -0.39 is 15.8 Å². The van der Waals surface area contributed by atoms with E-state index in [-0.39, 0.29) is 23.7 Å². The van der Waals surface area contributed by atoms with Gasteiger partial charge in [-0.15, -0.1) is 0 Å². The van der Waals surface area contributed by atoms with Gasteiger partial charge in [0.2, 0.25) is 10.0 Å². The molecule has 1 aliphatic rings. The van der Waals surface area contributed by atoms with Crippen molar-refractivity contribution in [3.05, 3.63) is 71.3 Å². The minimum Gasteiger partial charge on any atom is -0.212 e. The molecule has 2 aromatic rings. The van der Waals surface area contributed by atoms with E-state index in [1.54, 1.807) is 18.2 Å². The van der Waals surface area contributed by atoms with Gasteiger partial charge in [-0.05, 0) is 42.5 Å². The molecular formula is C18H19F2NO2S. The first-order chi connectivity index (χ1) is 11.4. The van der Waals surface area contributed by atoms with Gasteiger partial charge in [0.05, 0.1) is 5.75 Å². The van der Waals surface area contributed by atoms with Crippen LogP contribution in [0.15, 0.2) is 48.5 Å². The Labute approximate surface area is 141 Å². The second-order valence-electron chi connectivity index (χ2n) is 6.21. The molecule has 1 fully saturated rings. The second kappa shape index (κ2) is 6.99. The number of nitrogens with zero attached hydrogens (tertiary/aromatic N) is 1. The minimum absolute atomic E-state index is 0.164. The highest BCUT2D eigenvalue weighted by Gasteiger charge is 2.31. The molecule has 0 N–H and O–H groups in total. The first-order valence-electron chi connectivity index (χ1n) is 7.90. The van der Waals surface area contributed by atoms with Crippen LogP contribution in [0.4, 0.5) is 8.78 Å². The van der Waals surface area contributed by atoms with Crippen molar-refractivity contribution in [1.29, 1.82) is 0 Å². The van der Waals surface area contributed by atoms with E-state index in [0.717, 1.165) is 12.8 Å². The molecule has 2 aromatic carbocycles. The molecule has 0 heterocycles. The monoisotopic (exact) mass is 351 g/mol. The molecule has 1 saturated carbocycles. The fourth-order valence-corrected chi connectivity index (χ4v) is 4.15. The Balaban J connectivity index is 1.81. The average Bonchev–Trinajstić information content (AvgIpc) is 3.35. The van der Waals surface area contributed by atoms with Crippen LogP contribution < -0.4 is 0 Å². The summed E-state index contributed by atoms with van der Waals surface area (Å²) in [4.78, 5) is 0. The summed E-state index contributed by atoms with van der Waals surface area (Å²) in [6.07, 6.45) is 2.02. The molecule has 0 radical (unpaired) electrons. The largest absolute Gasteiger partial charge is 0.218 e. The Hall–Kier alpha value is -1.79. The lowest BCUT2D eigenvalue weighted by Crippen LogP contribution is -2.33. The lowest BCUT2D eigenvalue weighted by atomic mass is 10.2. The maximum atomic E-state index is 13.8. The highest BCUT2D eigenvalue weighted by molar-refractivity contribution is 7.88. The zero-order valence-electron chi connectivity index (χ0n) is 13.2. The van der Waals surface area contributed by atoms with Crippen LogP contribution in [0.1, 0.15) is 24.0 Å². The molecule has 3 nitrogen and oxygen atoms in total. The van der Waals surface area contributed by atoms with E-state index >= 15 is 0 Å². The van der Waals surface area contributed by atoms with Gasteiger partial charge in [0.1, 0.15) is 11.6 Å². The molecule has 24 heavy (non-hydrogen) atoms. The molecule has 0 bridgehead atoms. The summed E-state index contributed by atoms with van der Waals surface area (Å²) >= 11 is 0. The van der Waals surface area contributed by atoms with Crippen molar-refractivity contribution in [2.24, 2.45) is 5.92 Å². The minimum atomic E-state index is -3.66. The smallest absolute Gasteiger partial charge is 0.212 e. The van der Waals surface area contributed by atoms with Crippen molar-refractivity contribution < 1.29 is 17.2 Å². The Bertz CT molecular complexity index is 802. The van der Waals surface area contributed by atoms with E-state index in [1.165, 1.54) is 34.6 Å². The van der Waals surface area contributed by atoms with Gasteiger partial charge in [-0.25, -0.2) is 17.2 Å². The van der Waals surface area contributed by atoms with E-state index in [2.05, 4.69) is 0 Å². The van der Waals surface area contributed by atoms with Gasteiger partial charge in [-0.1, -0.05) is 30.3 Å². The highest BCUT2D eigenvalue weighted by Crippen LogP contribution is 2.31. The second-order valence-corrected chi connectivity index (χ2v) is 8.18. The van der Waals surface area contributed by atoms with Crippen molar-refractivity contribution in [2.75, 3.05) is 6.54 Å². The molecule has 128 valence electrons. The Morgan fingerprint density at radius 1 is 1.00 bits per heavy atom. The average molecular weight is 351 g/mol. The van der Waals surface area contributed by atoms with Crippen LogP contribution in [0.5, 0.6) is 0 Å². The molecule has 0 aromatic heterocycles. The van der Waals surface area contributed by atoms with Gasteiger partial charge in [0, 0.05) is 18.7 Å². The zero-order chi connectivity index (χ0) is 17.2. The Morgan fingerprint density at radius 3 is 2.29 bits per heavy atom. The fraction of sp³-hybridized carbons (Fsp3) is 0.333. The molecule has 0 spiro atoms. The third kappa shape index (κ3) is 4.39. The summed E-state index contributed by atoms with van der Waals surface area (Å²) in [5, 5.41) is 0. The molecule has 0 amide bonds. The van der Waals surface area contributed by atoms with Crippen LogP contribution in [0.2, 0.25) is 0 Å². The molecular weight excluding hydrogens is 332 g/mol. The standard InChI is InChI=1S/C18H19F2NO2S/c19-17-9-7-15(8-10-17)12-21(11-14-5-6-14)24(22,23)13-16-3-1-2-4-18(16)20/h1-4,7-10,14H,5-6,11-13H2. The van der Waals surface area contributed by atoms with Crippen LogP contribution in [0.3, 0.4) is 0 Å². The van der Waals surface area contributed by atoms with Crippen LogP contribution in [-0.2, 0) is 22.3 Å². The molecule has 0 unspecified atom stereocenters. The quantitative estimate of drug-likeness (QED) is 0.763. The maximum absolute atomic E-state index is 13.8. The Morgan fingerprint density at radius 2 is 1.67 bits per heavy atom. The van der Waals surface area contributed by atoms with Gasteiger partial charge in [-0.3, -0.25) is 0 Å². The van der Waals surface area contributed by atoms with Crippen LogP contribution in [0.25, 0.3) is 0 Å². The van der Waals surface area contributed by atoms with Crippen LogP contribution >= 0.6 is 0 Å². The normalized spacial score (nSPS) is 15.0. The summed E-state index contributed by atoms with van der Waals surface area (Å²) in [6.45, 7) is 0.599. The molecule has 0 saturated heterocycles. The summed E-state index contributed by atoms with van der Waals surface area (Å²) in [7, 11) is -3.66. The van der Waals surface area contributed by atoms with E-state index in [9.17, 15) is 17.2 Å².